The highest BCUT2D eigenvalue weighted by Crippen LogP contribution is 2.21. The SMILES string of the molecule is CCNCCS(=O)c1ccccc1[N+](=O)[O-]. The van der Waals surface area contributed by atoms with Gasteiger partial charge in [0.05, 0.1) is 15.7 Å². The van der Waals surface area contributed by atoms with E-state index in [1.165, 1.54) is 6.07 Å². The molecule has 0 fully saturated rings. The molecule has 0 aliphatic heterocycles. The number of hydrogen-bond donors (Lipinski definition) is 1. The third-order valence-corrected chi connectivity index (χ3v) is 3.43. The van der Waals surface area contributed by atoms with Crippen LogP contribution in [0.25, 0.3) is 0 Å². The molecule has 6 heteroatoms. The molecule has 16 heavy (non-hydrogen) atoms. The van der Waals surface area contributed by atoms with Gasteiger partial charge in [-0.2, -0.15) is 0 Å². The average molecular weight is 242 g/mol. The van der Waals surface area contributed by atoms with Crippen LogP contribution in [0.2, 0.25) is 0 Å². The predicted molar refractivity (Wildman–Crippen MR) is 62.9 cm³/mol. The summed E-state index contributed by atoms with van der Waals surface area (Å²) in [5, 5.41) is 13.7. The van der Waals surface area contributed by atoms with Crippen LogP contribution in [0.5, 0.6) is 0 Å². The van der Waals surface area contributed by atoms with Gasteiger partial charge in [-0.25, -0.2) is 0 Å². The number of nitro groups is 1. The van der Waals surface area contributed by atoms with E-state index in [2.05, 4.69) is 5.32 Å². The molecule has 1 N–H and O–H groups in total. The topological polar surface area (TPSA) is 72.2 Å². The van der Waals surface area contributed by atoms with Gasteiger partial charge in [0.15, 0.2) is 0 Å². The maximum Gasteiger partial charge on any atom is 0.285 e. The van der Waals surface area contributed by atoms with Crippen LogP contribution in [-0.2, 0) is 10.8 Å². The van der Waals surface area contributed by atoms with Crippen LogP contribution in [0, 0.1) is 10.1 Å². The Morgan fingerprint density at radius 1 is 1.44 bits per heavy atom. The fourth-order valence-electron chi connectivity index (χ4n) is 1.25. The van der Waals surface area contributed by atoms with Crippen molar-refractivity contribution in [3.8, 4) is 0 Å². The number of para-hydroxylation sites is 1. The summed E-state index contributed by atoms with van der Waals surface area (Å²) in [5.74, 6) is 0.388. The van der Waals surface area contributed by atoms with E-state index >= 15 is 0 Å². The lowest BCUT2D eigenvalue weighted by Gasteiger charge is -2.03. The van der Waals surface area contributed by atoms with Crippen molar-refractivity contribution in [2.24, 2.45) is 0 Å². The fraction of sp³-hybridized carbons (Fsp3) is 0.400. The minimum atomic E-state index is -1.32. The van der Waals surface area contributed by atoms with Crippen LogP contribution in [0.4, 0.5) is 5.69 Å². The molecule has 1 rings (SSSR count). The summed E-state index contributed by atoms with van der Waals surface area (Å²) in [6.07, 6.45) is 0. The van der Waals surface area contributed by atoms with Gasteiger partial charge in [0.1, 0.15) is 4.90 Å². The molecule has 0 spiro atoms. The number of nitrogens with zero attached hydrogens (tertiary/aromatic N) is 1. The lowest BCUT2D eigenvalue weighted by molar-refractivity contribution is -0.387. The minimum absolute atomic E-state index is 0.0719. The van der Waals surface area contributed by atoms with Gasteiger partial charge in [-0.1, -0.05) is 19.1 Å². The molecule has 0 amide bonds. The molecule has 1 aromatic carbocycles. The molecule has 88 valence electrons. The molecule has 0 saturated heterocycles. The molecule has 0 aromatic heterocycles. The van der Waals surface area contributed by atoms with Crippen molar-refractivity contribution >= 4 is 16.5 Å². The Labute approximate surface area is 96.5 Å². The number of hydrogen-bond acceptors (Lipinski definition) is 4. The first-order valence-electron chi connectivity index (χ1n) is 4.99. The maximum atomic E-state index is 11.8. The van der Waals surface area contributed by atoms with Gasteiger partial charge in [0, 0.05) is 18.4 Å². The van der Waals surface area contributed by atoms with Crippen molar-refractivity contribution in [1.29, 1.82) is 0 Å². The minimum Gasteiger partial charge on any atom is -0.316 e. The average Bonchev–Trinajstić information content (AvgIpc) is 2.29. The largest absolute Gasteiger partial charge is 0.316 e. The Hall–Kier alpha value is -1.27. The Kier molecular flexibility index (Phi) is 5.07. The van der Waals surface area contributed by atoms with Gasteiger partial charge < -0.3 is 5.32 Å². The number of benzene rings is 1. The Morgan fingerprint density at radius 2 is 2.12 bits per heavy atom. The second kappa shape index (κ2) is 6.34. The summed E-state index contributed by atoms with van der Waals surface area (Å²) in [4.78, 5) is 10.5. The summed E-state index contributed by atoms with van der Waals surface area (Å²) >= 11 is 0. The van der Waals surface area contributed by atoms with E-state index in [4.69, 9.17) is 0 Å². The van der Waals surface area contributed by atoms with Gasteiger partial charge in [-0.15, -0.1) is 0 Å². The lowest BCUT2D eigenvalue weighted by Crippen LogP contribution is -2.20. The Morgan fingerprint density at radius 3 is 2.75 bits per heavy atom. The maximum absolute atomic E-state index is 11.8. The van der Waals surface area contributed by atoms with E-state index in [1.807, 2.05) is 6.92 Å². The smallest absolute Gasteiger partial charge is 0.285 e. The molecule has 1 aromatic rings. The molecule has 0 bridgehead atoms. The van der Waals surface area contributed by atoms with Crippen molar-refractivity contribution in [2.45, 2.75) is 11.8 Å². The van der Waals surface area contributed by atoms with Gasteiger partial charge in [0.2, 0.25) is 0 Å². The monoisotopic (exact) mass is 242 g/mol. The quantitative estimate of drug-likeness (QED) is 0.464. The Balaban J connectivity index is 2.78. The first-order chi connectivity index (χ1) is 7.66. The first kappa shape index (κ1) is 12.8. The molecule has 0 radical (unpaired) electrons. The number of nitrogens with one attached hydrogen (secondary N) is 1. The predicted octanol–water partition coefficient (Wildman–Crippen LogP) is 1.31. The first-order valence-corrected chi connectivity index (χ1v) is 6.31. The van der Waals surface area contributed by atoms with Gasteiger partial charge >= 0.3 is 0 Å². The number of nitro benzene ring substituents is 1. The van der Waals surface area contributed by atoms with Crippen molar-refractivity contribution in [3.05, 3.63) is 34.4 Å². The number of rotatable bonds is 6. The summed E-state index contributed by atoms with van der Waals surface area (Å²) in [6, 6.07) is 6.15. The third-order valence-electron chi connectivity index (χ3n) is 2.02. The van der Waals surface area contributed by atoms with Crippen molar-refractivity contribution < 1.29 is 9.13 Å². The standard InChI is InChI=1S/C10H14N2O3S/c1-2-11-7-8-16(15)10-6-4-3-5-9(10)12(13)14/h3-6,11H,2,7-8H2,1H3. The molecular formula is C10H14N2O3S. The molecule has 0 heterocycles. The van der Waals surface area contributed by atoms with Crippen LogP contribution < -0.4 is 5.32 Å². The summed E-state index contributed by atoms with van der Waals surface area (Å²) in [7, 11) is -1.32. The molecule has 0 saturated carbocycles. The molecule has 1 atom stereocenters. The molecule has 1 unspecified atom stereocenters. The highest BCUT2D eigenvalue weighted by atomic mass is 32.2. The van der Waals surface area contributed by atoms with Crippen LogP contribution in [-0.4, -0.2) is 28.0 Å². The molecule has 0 aliphatic rings. The van der Waals surface area contributed by atoms with Crippen LogP contribution in [0.1, 0.15) is 6.92 Å². The highest BCUT2D eigenvalue weighted by molar-refractivity contribution is 7.85. The van der Waals surface area contributed by atoms with Crippen LogP contribution >= 0.6 is 0 Å². The highest BCUT2D eigenvalue weighted by Gasteiger charge is 2.17. The van der Waals surface area contributed by atoms with Crippen molar-refractivity contribution in [1.82, 2.24) is 5.32 Å². The van der Waals surface area contributed by atoms with Gasteiger partial charge in [-0.3, -0.25) is 14.3 Å². The zero-order valence-corrected chi connectivity index (χ0v) is 9.83. The normalized spacial score (nSPS) is 12.3. The van der Waals surface area contributed by atoms with Crippen molar-refractivity contribution in [2.75, 3.05) is 18.8 Å². The van der Waals surface area contributed by atoms with Gasteiger partial charge in [-0.05, 0) is 12.6 Å². The molecular weight excluding hydrogens is 228 g/mol. The summed E-state index contributed by atoms with van der Waals surface area (Å²) < 4.78 is 11.8. The lowest BCUT2D eigenvalue weighted by atomic mass is 10.3. The zero-order chi connectivity index (χ0) is 12.0. The Bertz CT molecular complexity index is 395. The van der Waals surface area contributed by atoms with E-state index in [-0.39, 0.29) is 5.69 Å². The fourth-order valence-corrected chi connectivity index (χ4v) is 2.41. The van der Waals surface area contributed by atoms with E-state index < -0.39 is 15.7 Å². The molecule has 5 nitrogen and oxygen atoms in total. The van der Waals surface area contributed by atoms with Gasteiger partial charge in [0.25, 0.3) is 5.69 Å². The zero-order valence-electron chi connectivity index (χ0n) is 9.01. The van der Waals surface area contributed by atoms with E-state index in [0.29, 0.717) is 17.2 Å². The van der Waals surface area contributed by atoms with E-state index in [0.717, 1.165) is 6.54 Å². The summed E-state index contributed by atoms with van der Waals surface area (Å²) in [6.45, 7) is 3.34. The van der Waals surface area contributed by atoms with E-state index in [1.54, 1.807) is 18.2 Å². The molecule has 0 aliphatic carbocycles. The van der Waals surface area contributed by atoms with Crippen LogP contribution in [0.15, 0.2) is 29.2 Å². The second-order valence-electron chi connectivity index (χ2n) is 3.13. The van der Waals surface area contributed by atoms with E-state index in [9.17, 15) is 14.3 Å². The second-order valence-corrected chi connectivity index (χ2v) is 4.67. The van der Waals surface area contributed by atoms with Crippen molar-refractivity contribution in [3.63, 3.8) is 0 Å². The third kappa shape index (κ3) is 3.39. The summed E-state index contributed by atoms with van der Waals surface area (Å²) in [5.41, 5.74) is -0.0719. The van der Waals surface area contributed by atoms with Crippen LogP contribution in [0.3, 0.4) is 0 Å².